The van der Waals surface area contributed by atoms with Gasteiger partial charge in [-0.05, 0) is 0 Å². The van der Waals surface area contributed by atoms with Gasteiger partial charge in [-0.2, -0.15) is 0 Å². The van der Waals surface area contributed by atoms with E-state index in [-0.39, 0.29) is 24.8 Å². The monoisotopic (exact) mass is 226 g/mol. The molecule has 80 valence electrons. The van der Waals surface area contributed by atoms with Gasteiger partial charge in [-0.3, -0.25) is 0 Å². The second-order valence-corrected chi connectivity index (χ2v) is 1.76. The molecule has 0 aliphatic rings. The summed E-state index contributed by atoms with van der Waals surface area (Å²) >= 11 is 0. The summed E-state index contributed by atoms with van der Waals surface area (Å²) in [7, 11) is 0. The van der Waals surface area contributed by atoms with Crippen LogP contribution in [0.2, 0.25) is 0 Å². The average molecular weight is 227 g/mol. The number of hydrogen-bond donors (Lipinski definition) is 2. The molecule has 0 saturated carbocycles. The van der Waals surface area contributed by atoms with E-state index >= 15 is 0 Å². The van der Waals surface area contributed by atoms with Crippen molar-refractivity contribution in [2.75, 3.05) is 19.6 Å². The van der Waals surface area contributed by atoms with Crippen LogP contribution in [0.25, 0.3) is 0 Å². The molecule has 0 atom stereocenters. The number of nitrogens with two attached hydrogens (primary N) is 1. The smallest absolute Gasteiger partial charge is 0.0135 e. The maximum Gasteiger partial charge on any atom is 0.0135 e. The molecule has 0 amide bonds. The van der Waals surface area contributed by atoms with Crippen LogP contribution in [0.15, 0.2) is 38.0 Å². The van der Waals surface area contributed by atoms with E-state index in [0.717, 1.165) is 13.1 Å². The number of hydrogen-bond acceptors (Lipinski definition) is 2. The summed E-state index contributed by atoms with van der Waals surface area (Å²) in [5.74, 6) is 0. The number of halogens is 2. The van der Waals surface area contributed by atoms with E-state index in [1.807, 2.05) is 12.2 Å². The maximum absolute atomic E-state index is 4.91. The Labute approximate surface area is 93.8 Å². The fourth-order valence-electron chi connectivity index (χ4n) is 0.287. The Morgan fingerprint density at radius 1 is 0.923 bits per heavy atom. The first kappa shape index (κ1) is 23.0. The third kappa shape index (κ3) is 49.7. The van der Waals surface area contributed by atoms with Crippen molar-refractivity contribution in [2.45, 2.75) is 0 Å². The quantitative estimate of drug-likeness (QED) is 0.556. The molecule has 0 aromatic heterocycles. The summed E-state index contributed by atoms with van der Waals surface area (Å²) in [5.41, 5.74) is 4.91. The predicted molar refractivity (Wildman–Crippen MR) is 67.0 cm³/mol. The molecule has 0 rings (SSSR count). The molecular weight excluding hydrogens is 207 g/mol. The van der Waals surface area contributed by atoms with Crippen molar-refractivity contribution < 1.29 is 0 Å². The van der Waals surface area contributed by atoms with Gasteiger partial charge >= 0.3 is 0 Å². The van der Waals surface area contributed by atoms with Crippen molar-refractivity contribution >= 4 is 24.8 Å². The zero-order valence-electron chi connectivity index (χ0n) is 7.87. The molecule has 3 N–H and O–H groups in total. The van der Waals surface area contributed by atoms with Crippen LogP contribution < -0.4 is 11.1 Å². The largest absolute Gasteiger partial charge is 0.327 e. The second-order valence-electron chi connectivity index (χ2n) is 1.76. The fraction of sp³-hybridized carbons (Fsp3) is 0.333. The van der Waals surface area contributed by atoms with Crippen LogP contribution in [0.3, 0.4) is 0 Å². The fourth-order valence-corrected chi connectivity index (χ4v) is 0.287. The van der Waals surface area contributed by atoms with Gasteiger partial charge in [-0.15, -0.1) is 44.6 Å². The molecule has 0 aromatic rings. The van der Waals surface area contributed by atoms with Crippen molar-refractivity contribution in [1.29, 1.82) is 0 Å². The number of rotatable bonds is 5. The normalized spacial score (nSPS) is 6.23. The Bertz CT molecular complexity index is 97.8. The third-order valence-electron chi connectivity index (χ3n) is 0.744. The lowest BCUT2D eigenvalue weighted by Gasteiger charge is -1.90. The van der Waals surface area contributed by atoms with Gasteiger partial charge in [0.2, 0.25) is 0 Å². The van der Waals surface area contributed by atoms with E-state index in [4.69, 9.17) is 5.73 Å². The van der Waals surface area contributed by atoms with Crippen LogP contribution in [-0.2, 0) is 0 Å². The van der Waals surface area contributed by atoms with Crippen LogP contribution in [0.4, 0.5) is 0 Å². The minimum Gasteiger partial charge on any atom is -0.327 e. The van der Waals surface area contributed by atoms with Crippen LogP contribution in [0.1, 0.15) is 0 Å². The minimum atomic E-state index is 0. The molecule has 0 bridgehead atoms. The van der Waals surface area contributed by atoms with E-state index in [2.05, 4.69) is 25.1 Å². The van der Waals surface area contributed by atoms with Gasteiger partial charge in [0.1, 0.15) is 0 Å². The molecular formula is C9H20Cl2N2. The summed E-state index contributed by atoms with van der Waals surface area (Å²) < 4.78 is 0. The maximum atomic E-state index is 4.91. The van der Waals surface area contributed by atoms with Crippen molar-refractivity contribution in [3.8, 4) is 0 Å². The van der Waals surface area contributed by atoms with Crippen LogP contribution in [0, 0.1) is 0 Å². The van der Waals surface area contributed by atoms with Gasteiger partial charge in [-0.1, -0.05) is 18.2 Å². The molecule has 0 aliphatic heterocycles. The van der Waals surface area contributed by atoms with Crippen molar-refractivity contribution in [2.24, 2.45) is 5.73 Å². The molecule has 0 heterocycles. The Morgan fingerprint density at radius 3 is 1.38 bits per heavy atom. The van der Waals surface area contributed by atoms with Gasteiger partial charge in [-0.25, -0.2) is 0 Å². The zero-order chi connectivity index (χ0) is 8.95. The van der Waals surface area contributed by atoms with E-state index in [1.54, 1.807) is 6.08 Å². The van der Waals surface area contributed by atoms with Gasteiger partial charge in [0.15, 0.2) is 0 Å². The van der Waals surface area contributed by atoms with E-state index in [1.165, 1.54) is 0 Å². The van der Waals surface area contributed by atoms with E-state index in [9.17, 15) is 0 Å². The summed E-state index contributed by atoms with van der Waals surface area (Å²) in [6, 6.07) is 0. The molecule has 0 saturated heterocycles. The third-order valence-corrected chi connectivity index (χ3v) is 0.744. The topological polar surface area (TPSA) is 38.0 Å². The highest BCUT2D eigenvalue weighted by Crippen LogP contribution is 1.59. The van der Waals surface area contributed by atoms with E-state index < -0.39 is 0 Å². The lowest BCUT2D eigenvalue weighted by molar-refractivity contribution is 0.845. The van der Waals surface area contributed by atoms with Crippen molar-refractivity contribution in [3.63, 3.8) is 0 Å². The SMILES string of the molecule is C=CCN.C=CCNCC=C.Cl.Cl. The highest BCUT2D eigenvalue weighted by atomic mass is 35.5. The molecule has 0 aromatic carbocycles. The standard InChI is InChI=1S/C6H11N.C3H7N.2ClH/c1-3-5-7-6-4-2;1-2-3-4;;/h3-4,7H,1-2,5-6H2;2H,1,3-4H2;2*1H. The van der Waals surface area contributed by atoms with Gasteiger partial charge in [0.25, 0.3) is 0 Å². The lowest BCUT2D eigenvalue weighted by atomic mass is 10.5. The number of nitrogens with one attached hydrogen (secondary N) is 1. The van der Waals surface area contributed by atoms with E-state index in [0.29, 0.717) is 6.54 Å². The predicted octanol–water partition coefficient (Wildman–Crippen LogP) is 1.92. The first-order valence-corrected chi connectivity index (χ1v) is 3.56. The Kier molecular flexibility index (Phi) is 52.7. The van der Waals surface area contributed by atoms with Crippen LogP contribution in [-0.4, -0.2) is 19.6 Å². The Balaban J connectivity index is -0.0000000600. The zero-order valence-corrected chi connectivity index (χ0v) is 9.50. The summed E-state index contributed by atoms with van der Waals surface area (Å²) in [5, 5.41) is 3.05. The Morgan fingerprint density at radius 2 is 1.23 bits per heavy atom. The molecule has 0 spiro atoms. The Hall–Kier alpha value is -0.280. The molecule has 0 fully saturated rings. The van der Waals surface area contributed by atoms with Gasteiger partial charge in [0.05, 0.1) is 0 Å². The minimum absolute atomic E-state index is 0. The second kappa shape index (κ2) is 29.8. The molecule has 4 heteroatoms. The van der Waals surface area contributed by atoms with Crippen molar-refractivity contribution in [3.05, 3.63) is 38.0 Å². The van der Waals surface area contributed by atoms with Gasteiger partial charge in [0, 0.05) is 19.6 Å². The molecule has 2 nitrogen and oxygen atoms in total. The molecule has 0 unspecified atom stereocenters. The summed E-state index contributed by atoms with van der Waals surface area (Å²) in [6.07, 6.45) is 5.30. The van der Waals surface area contributed by atoms with Crippen LogP contribution in [0.5, 0.6) is 0 Å². The molecule has 0 aliphatic carbocycles. The van der Waals surface area contributed by atoms with Crippen molar-refractivity contribution in [1.82, 2.24) is 5.32 Å². The highest BCUT2D eigenvalue weighted by Gasteiger charge is 1.69. The first-order chi connectivity index (χ1) is 5.33. The highest BCUT2D eigenvalue weighted by molar-refractivity contribution is 5.85. The molecule has 0 radical (unpaired) electrons. The first-order valence-electron chi connectivity index (χ1n) is 3.56. The summed E-state index contributed by atoms with van der Waals surface area (Å²) in [4.78, 5) is 0. The summed E-state index contributed by atoms with van der Waals surface area (Å²) in [6.45, 7) is 12.7. The average Bonchev–Trinajstić information content (AvgIpc) is 2.06. The molecule has 13 heavy (non-hydrogen) atoms. The lowest BCUT2D eigenvalue weighted by Crippen LogP contribution is -2.11. The van der Waals surface area contributed by atoms with Gasteiger partial charge < -0.3 is 11.1 Å². The van der Waals surface area contributed by atoms with Crippen LogP contribution >= 0.6 is 24.8 Å².